The van der Waals surface area contributed by atoms with Gasteiger partial charge in [0.05, 0.1) is 0 Å². The van der Waals surface area contributed by atoms with Crippen molar-refractivity contribution in [3.05, 3.63) is 10.2 Å². The molecule has 2 rings (SSSR count). The predicted molar refractivity (Wildman–Crippen MR) is 135 cm³/mol. The number of hydrogen-bond donors (Lipinski definition) is 1. The van der Waals surface area contributed by atoms with Crippen LogP contribution in [0.3, 0.4) is 0 Å². The first-order chi connectivity index (χ1) is 14.5. The molecule has 2 aliphatic rings. The average molecular weight is 543 g/mol. The van der Waals surface area contributed by atoms with E-state index in [0.717, 1.165) is 19.3 Å². The SMILES string of the molecule is CCC[CH2][Sn](/[CH]=C/C1(O)CCCC2(OCC(C)(C)CO2)C1(C)C)([CH2]CCC)[CH2]CCC. The summed E-state index contributed by atoms with van der Waals surface area (Å²) in [5.74, 6) is -0.672. The summed E-state index contributed by atoms with van der Waals surface area (Å²) in [5, 5.41) is 12.1. The fourth-order valence-electron chi connectivity index (χ4n) is 5.58. The Kier molecular flexibility index (Phi) is 10.0. The van der Waals surface area contributed by atoms with E-state index in [2.05, 4.69) is 58.6 Å². The average Bonchev–Trinajstić information content (AvgIpc) is 2.73. The molecular formula is C27H52O3Sn. The van der Waals surface area contributed by atoms with Gasteiger partial charge in [0.1, 0.15) is 0 Å². The zero-order valence-electron chi connectivity index (χ0n) is 21.8. The first-order valence-corrected chi connectivity index (χ1v) is 20.9. The van der Waals surface area contributed by atoms with E-state index in [9.17, 15) is 5.11 Å². The summed E-state index contributed by atoms with van der Waals surface area (Å²) in [6, 6.07) is 0. The van der Waals surface area contributed by atoms with Gasteiger partial charge in [-0.25, -0.2) is 0 Å². The van der Waals surface area contributed by atoms with Crippen LogP contribution in [-0.2, 0) is 9.47 Å². The Morgan fingerprint density at radius 2 is 1.29 bits per heavy atom. The number of unbranched alkanes of at least 4 members (excludes halogenated alkanes) is 3. The van der Waals surface area contributed by atoms with E-state index in [1.165, 1.54) is 51.8 Å². The monoisotopic (exact) mass is 544 g/mol. The van der Waals surface area contributed by atoms with Crippen LogP contribution in [0.15, 0.2) is 10.2 Å². The molecule has 1 aliphatic heterocycles. The Balaban J connectivity index is 2.33. The Labute approximate surface area is 197 Å². The molecule has 31 heavy (non-hydrogen) atoms. The van der Waals surface area contributed by atoms with Crippen molar-refractivity contribution in [3.8, 4) is 0 Å². The second kappa shape index (κ2) is 11.2. The van der Waals surface area contributed by atoms with Crippen LogP contribution in [0, 0.1) is 10.8 Å². The van der Waals surface area contributed by atoms with Gasteiger partial charge < -0.3 is 0 Å². The molecule has 0 aromatic heterocycles. The quantitative estimate of drug-likeness (QED) is 0.272. The van der Waals surface area contributed by atoms with Gasteiger partial charge >= 0.3 is 198 Å². The van der Waals surface area contributed by atoms with Crippen molar-refractivity contribution < 1.29 is 14.6 Å². The molecule has 1 N–H and O–H groups in total. The van der Waals surface area contributed by atoms with Crippen LogP contribution in [0.2, 0.25) is 13.3 Å². The Bertz CT molecular complexity index is 551. The molecule has 1 unspecified atom stereocenters. The van der Waals surface area contributed by atoms with Crippen molar-refractivity contribution in [3.63, 3.8) is 0 Å². The van der Waals surface area contributed by atoms with E-state index >= 15 is 0 Å². The van der Waals surface area contributed by atoms with Crippen molar-refractivity contribution in [2.45, 2.75) is 131 Å². The Morgan fingerprint density at radius 1 is 0.806 bits per heavy atom. The van der Waals surface area contributed by atoms with Crippen LogP contribution in [0.5, 0.6) is 0 Å². The molecule has 0 bridgehead atoms. The number of hydrogen-bond acceptors (Lipinski definition) is 3. The molecule has 0 amide bonds. The molecule has 1 saturated heterocycles. The third-order valence-electron chi connectivity index (χ3n) is 8.29. The minimum atomic E-state index is -2.46. The molecule has 1 aliphatic carbocycles. The van der Waals surface area contributed by atoms with Crippen molar-refractivity contribution in [1.29, 1.82) is 0 Å². The summed E-state index contributed by atoms with van der Waals surface area (Å²) in [5.41, 5.74) is -1.29. The van der Waals surface area contributed by atoms with Gasteiger partial charge in [0.2, 0.25) is 0 Å². The predicted octanol–water partition coefficient (Wildman–Crippen LogP) is 7.64. The molecule has 1 spiro atoms. The van der Waals surface area contributed by atoms with Gasteiger partial charge in [0.25, 0.3) is 0 Å². The van der Waals surface area contributed by atoms with E-state index in [1.54, 1.807) is 0 Å². The topological polar surface area (TPSA) is 38.7 Å². The summed E-state index contributed by atoms with van der Waals surface area (Å²) < 4.78 is 19.9. The molecule has 1 saturated carbocycles. The Morgan fingerprint density at radius 3 is 1.74 bits per heavy atom. The third kappa shape index (κ3) is 6.31. The number of aliphatic hydroxyl groups is 1. The standard InChI is InChI=1S/C15H25O3.3C4H9.Sn/c1-6-14(16)8-7-9-15(13(14,4)5)17-10-12(2,3)11-18-15;3*1-3-4-2;/h1,6,16H,7-11H2,2-5H3;3*1,3-4H2,2H3;. The second-order valence-electron chi connectivity index (χ2n) is 11.9. The Hall–Kier alpha value is 0.419. The fraction of sp³-hybridized carbons (Fsp3) is 0.926. The summed E-state index contributed by atoms with van der Waals surface area (Å²) in [7, 11) is 0. The van der Waals surface area contributed by atoms with E-state index in [4.69, 9.17) is 9.47 Å². The molecule has 3 nitrogen and oxygen atoms in total. The van der Waals surface area contributed by atoms with E-state index in [1.807, 2.05) is 0 Å². The third-order valence-corrected chi connectivity index (χ3v) is 22.3. The molecule has 0 radical (unpaired) electrons. The van der Waals surface area contributed by atoms with Crippen molar-refractivity contribution >= 4 is 18.4 Å². The van der Waals surface area contributed by atoms with Crippen molar-refractivity contribution in [1.82, 2.24) is 0 Å². The summed E-state index contributed by atoms with van der Waals surface area (Å²) >= 11 is -2.46. The fourth-order valence-corrected chi connectivity index (χ4v) is 20.0. The van der Waals surface area contributed by atoms with Crippen LogP contribution in [-0.4, -0.2) is 48.1 Å². The van der Waals surface area contributed by atoms with E-state index in [0.29, 0.717) is 13.2 Å². The van der Waals surface area contributed by atoms with Gasteiger partial charge in [-0.3, -0.25) is 0 Å². The summed E-state index contributed by atoms with van der Waals surface area (Å²) in [6.45, 7) is 17.1. The van der Waals surface area contributed by atoms with Gasteiger partial charge in [0, 0.05) is 0 Å². The van der Waals surface area contributed by atoms with Gasteiger partial charge in [-0.2, -0.15) is 0 Å². The molecule has 1 heterocycles. The zero-order valence-corrected chi connectivity index (χ0v) is 24.7. The molecule has 0 aromatic carbocycles. The zero-order chi connectivity index (χ0) is 23.2. The number of ether oxygens (including phenoxy) is 2. The first kappa shape index (κ1) is 27.7. The van der Waals surface area contributed by atoms with Crippen LogP contribution >= 0.6 is 0 Å². The summed E-state index contributed by atoms with van der Waals surface area (Å²) in [4.78, 5) is 0. The van der Waals surface area contributed by atoms with Crippen LogP contribution < -0.4 is 0 Å². The van der Waals surface area contributed by atoms with Crippen LogP contribution in [0.25, 0.3) is 0 Å². The molecule has 2 fully saturated rings. The van der Waals surface area contributed by atoms with E-state index < -0.39 is 35.2 Å². The van der Waals surface area contributed by atoms with Gasteiger partial charge in [-0.1, -0.05) is 0 Å². The molecular weight excluding hydrogens is 491 g/mol. The van der Waals surface area contributed by atoms with Crippen LogP contribution in [0.4, 0.5) is 0 Å². The van der Waals surface area contributed by atoms with Crippen LogP contribution in [0.1, 0.15) is 106 Å². The van der Waals surface area contributed by atoms with Gasteiger partial charge in [0.15, 0.2) is 0 Å². The van der Waals surface area contributed by atoms with Gasteiger partial charge in [-0.05, 0) is 0 Å². The molecule has 1 atom stereocenters. The van der Waals surface area contributed by atoms with Gasteiger partial charge in [-0.15, -0.1) is 0 Å². The molecule has 182 valence electrons. The second-order valence-corrected chi connectivity index (χ2v) is 24.9. The minimum absolute atomic E-state index is 0.0405. The van der Waals surface area contributed by atoms with E-state index in [-0.39, 0.29) is 5.41 Å². The molecule has 4 heteroatoms. The maximum absolute atomic E-state index is 12.1. The molecule has 0 aromatic rings. The number of rotatable bonds is 11. The van der Waals surface area contributed by atoms with Crippen molar-refractivity contribution in [2.24, 2.45) is 10.8 Å². The first-order valence-electron chi connectivity index (χ1n) is 13.2. The summed E-state index contributed by atoms with van der Waals surface area (Å²) in [6.07, 6.45) is 12.8. The maximum atomic E-state index is 12.1. The van der Waals surface area contributed by atoms with Crippen molar-refractivity contribution in [2.75, 3.05) is 13.2 Å². The normalized spacial score (nSPS) is 27.7.